The van der Waals surface area contributed by atoms with E-state index in [1.165, 1.54) is 5.56 Å². The number of amides is 1. The predicted molar refractivity (Wildman–Crippen MR) is 88.3 cm³/mol. The molecule has 0 saturated carbocycles. The first kappa shape index (κ1) is 14.1. The fourth-order valence-corrected chi connectivity index (χ4v) is 3.24. The third-order valence-corrected chi connectivity index (χ3v) is 4.66. The number of rotatable bonds is 2. The fraction of sp³-hybridized carbons (Fsp3) is 0.235. The first-order chi connectivity index (χ1) is 10.1. The van der Waals surface area contributed by atoms with Crippen molar-refractivity contribution in [2.45, 2.75) is 12.3 Å². The van der Waals surface area contributed by atoms with Crippen molar-refractivity contribution in [2.24, 2.45) is 0 Å². The third kappa shape index (κ3) is 2.95. The summed E-state index contributed by atoms with van der Waals surface area (Å²) >= 11 is 3.44. The van der Waals surface area contributed by atoms with E-state index in [9.17, 15) is 4.79 Å². The number of carbonyl (C=O) groups is 1. The lowest BCUT2D eigenvalue weighted by Crippen LogP contribution is -2.28. The van der Waals surface area contributed by atoms with Crippen LogP contribution in [0, 0.1) is 0 Å². The van der Waals surface area contributed by atoms with Crippen molar-refractivity contribution in [3.05, 3.63) is 64.1 Å². The van der Waals surface area contributed by atoms with Crippen molar-refractivity contribution in [3.63, 3.8) is 0 Å². The molecule has 2 aromatic carbocycles. The zero-order valence-corrected chi connectivity index (χ0v) is 13.2. The second-order valence-electron chi connectivity index (χ2n) is 5.39. The maximum Gasteiger partial charge on any atom is 0.255 e. The number of halogens is 1. The Kier molecular flexibility index (Phi) is 3.97. The average Bonchev–Trinajstić information content (AvgIpc) is 3.00. The molecule has 1 atom stereocenters. The molecule has 0 radical (unpaired) electrons. The van der Waals surface area contributed by atoms with Crippen molar-refractivity contribution in [1.82, 2.24) is 4.90 Å². The number of benzene rings is 2. The molecule has 1 aliphatic rings. The van der Waals surface area contributed by atoms with Gasteiger partial charge in [-0.3, -0.25) is 4.79 Å². The van der Waals surface area contributed by atoms with Crippen molar-refractivity contribution >= 4 is 27.5 Å². The molecular weight excluding hydrogens is 328 g/mol. The monoisotopic (exact) mass is 344 g/mol. The minimum atomic E-state index is 0.0487. The van der Waals surface area contributed by atoms with Crippen LogP contribution in [0.3, 0.4) is 0 Å². The van der Waals surface area contributed by atoms with E-state index in [1.54, 1.807) is 12.1 Å². The van der Waals surface area contributed by atoms with Crippen LogP contribution in [-0.4, -0.2) is 23.9 Å². The van der Waals surface area contributed by atoms with Gasteiger partial charge in [-0.2, -0.15) is 0 Å². The van der Waals surface area contributed by atoms with Crippen LogP contribution >= 0.6 is 15.9 Å². The maximum absolute atomic E-state index is 12.6. The summed E-state index contributed by atoms with van der Waals surface area (Å²) in [6, 6.07) is 15.7. The Bertz CT molecular complexity index is 657. The lowest BCUT2D eigenvalue weighted by Gasteiger charge is -2.18. The van der Waals surface area contributed by atoms with Gasteiger partial charge in [0, 0.05) is 29.2 Å². The van der Waals surface area contributed by atoms with Gasteiger partial charge in [0.05, 0.1) is 5.56 Å². The Morgan fingerprint density at radius 2 is 1.95 bits per heavy atom. The molecule has 2 N–H and O–H groups in total. The smallest absolute Gasteiger partial charge is 0.255 e. The number of hydrogen-bond acceptors (Lipinski definition) is 2. The molecule has 2 aromatic rings. The van der Waals surface area contributed by atoms with Crippen LogP contribution in [0.15, 0.2) is 53.0 Å². The minimum Gasteiger partial charge on any atom is -0.399 e. The first-order valence-corrected chi connectivity index (χ1v) is 7.83. The summed E-state index contributed by atoms with van der Waals surface area (Å²) in [5.74, 6) is 0.475. The van der Waals surface area contributed by atoms with E-state index in [0.717, 1.165) is 24.0 Å². The highest BCUT2D eigenvalue weighted by molar-refractivity contribution is 9.10. The van der Waals surface area contributed by atoms with Gasteiger partial charge in [0.15, 0.2) is 0 Å². The summed E-state index contributed by atoms with van der Waals surface area (Å²) < 4.78 is 0.796. The van der Waals surface area contributed by atoms with Crippen molar-refractivity contribution in [2.75, 3.05) is 18.8 Å². The zero-order chi connectivity index (χ0) is 14.8. The molecule has 0 aromatic heterocycles. The number of nitrogen functional groups attached to an aromatic ring is 1. The number of anilines is 1. The Morgan fingerprint density at radius 1 is 1.19 bits per heavy atom. The normalized spacial score (nSPS) is 18.0. The summed E-state index contributed by atoms with van der Waals surface area (Å²) in [6.07, 6.45) is 1.01. The Morgan fingerprint density at radius 3 is 2.71 bits per heavy atom. The predicted octanol–water partition coefficient (Wildman–Crippen LogP) is 3.66. The van der Waals surface area contributed by atoms with Crippen LogP contribution in [0.5, 0.6) is 0 Å². The van der Waals surface area contributed by atoms with E-state index in [0.29, 0.717) is 17.2 Å². The van der Waals surface area contributed by atoms with Crippen LogP contribution in [0.4, 0.5) is 5.69 Å². The summed E-state index contributed by atoms with van der Waals surface area (Å²) in [6.45, 7) is 1.56. The minimum absolute atomic E-state index is 0.0487. The lowest BCUT2D eigenvalue weighted by molar-refractivity contribution is 0.0790. The van der Waals surface area contributed by atoms with E-state index in [2.05, 4.69) is 28.1 Å². The van der Waals surface area contributed by atoms with E-state index in [-0.39, 0.29) is 5.91 Å². The number of likely N-dealkylation sites (tertiary alicyclic amines) is 1. The molecule has 4 heteroatoms. The molecule has 0 spiro atoms. The number of hydrogen-bond donors (Lipinski definition) is 1. The standard InChI is InChI=1S/C17H17BrN2O/c18-16-7-6-14(19)10-15(16)17(21)20-9-8-13(11-20)12-4-2-1-3-5-12/h1-7,10,13H,8-9,11,19H2. The Balaban J connectivity index is 1.77. The molecule has 1 aliphatic heterocycles. The highest BCUT2D eigenvalue weighted by Crippen LogP contribution is 2.29. The quantitative estimate of drug-likeness (QED) is 0.845. The van der Waals surface area contributed by atoms with E-state index >= 15 is 0 Å². The maximum atomic E-state index is 12.6. The molecular formula is C17H17BrN2O. The fourth-order valence-electron chi connectivity index (χ4n) is 2.82. The van der Waals surface area contributed by atoms with Gasteiger partial charge in [0.1, 0.15) is 0 Å². The molecule has 0 aliphatic carbocycles. The lowest BCUT2D eigenvalue weighted by atomic mass is 9.99. The largest absolute Gasteiger partial charge is 0.399 e. The van der Waals surface area contributed by atoms with Crippen LogP contribution in [-0.2, 0) is 0 Å². The van der Waals surface area contributed by atoms with Gasteiger partial charge < -0.3 is 10.6 Å². The Hall–Kier alpha value is -1.81. The second-order valence-corrected chi connectivity index (χ2v) is 6.24. The molecule has 108 valence electrons. The zero-order valence-electron chi connectivity index (χ0n) is 11.6. The van der Waals surface area contributed by atoms with Crippen molar-refractivity contribution in [3.8, 4) is 0 Å². The van der Waals surface area contributed by atoms with Crippen LogP contribution in [0.2, 0.25) is 0 Å². The molecule has 3 rings (SSSR count). The highest BCUT2D eigenvalue weighted by atomic mass is 79.9. The first-order valence-electron chi connectivity index (χ1n) is 7.04. The molecule has 21 heavy (non-hydrogen) atoms. The summed E-state index contributed by atoms with van der Waals surface area (Å²) in [7, 11) is 0. The SMILES string of the molecule is Nc1ccc(Br)c(C(=O)N2CCC(c3ccccc3)C2)c1. The summed E-state index contributed by atoms with van der Waals surface area (Å²) in [4.78, 5) is 14.6. The van der Waals surface area contributed by atoms with Crippen LogP contribution in [0.25, 0.3) is 0 Å². The number of carbonyl (C=O) groups excluding carboxylic acids is 1. The van der Waals surface area contributed by atoms with Gasteiger partial charge in [-0.25, -0.2) is 0 Å². The van der Waals surface area contributed by atoms with E-state index in [1.807, 2.05) is 29.2 Å². The van der Waals surface area contributed by atoms with Crippen LogP contribution < -0.4 is 5.73 Å². The summed E-state index contributed by atoms with van der Waals surface area (Å²) in [5, 5.41) is 0. The van der Waals surface area contributed by atoms with Gasteiger partial charge in [0.25, 0.3) is 5.91 Å². The molecule has 1 saturated heterocycles. The van der Waals surface area contributed by atoms with Crippen molar-refractivity contribution < 1.29 is 4.79 Å². The average molecular weight is 345 g/mol. The van der Waals surface area contributed by atoms with E-state index in [4.69, 9.17) is 5.73 Å². The van der Waals surface area contributed by atoms with Gasteiger partial charge in [-0.1, -0.05) is 30.3 Å². The molecule has 1 heterocycles. The topological polar surface area (TPSA) is 46.3 Å². The molecule has 0 bridgehead atoms. The molecule has 1 amide bonds. The summed E-state index contributed by atoms with van der Waals surface area (Å²) in [5.41, 5.74) is 8.35. The molecule has 3 nitrogen and oxygen atoms in total. The van der Waals surface area contributed by atoms with Gasteiger partial charge in [-0.15, -0.1) is 0 Å². The molecule has 1 fully saturated rings. The second kappa shape index (κ2) is 5.90. The van der Waals surface area contributed by atoms with Gasteiger partial charge >= 0.3 is 0 Å². The number of nitrogens with zero attached hydrogens (tertiary/aromatic N) is 1. The third-order valence-electron chi connectivity index (χ3n) is 3.97. The Labute approximate surface area is 132 Å². The van der Waals surface area contributed by atoms with Gasteiger partial charge in [-0.05, 0) is 46.1 Å². The van der Waals surface area contributed by atoms with Crippen molar-refractivity contribution in [1.29, 1.82) is 0 Å². The molecule has 1 unspecified atom stereocenters. The van der Waals surface area contributed by atoms with E-state index < -0.39 is 0 Å². The van der Waals surface area contributed by atoms with Gasteiger partial charge in [0.2, 0.25) is 0 Å². The highest BCUT2D eigenvalue weighted by Gasteiger charge is 2.28. The number of nitrogens with two attached hydrogens (primary N) is 1. The van der Waals surface area contributed by atoms with Crippen LogP contribution in [0.1, 0.15) is 28.3 Å².